The van der Waals surface area contributed by atoms with Gasteiger partial charge in [0.25, 0.3) is 5.91 Å². The Bertz CT molecular complexity index is 1560. The number of aromatic nitrogens is 2. The molecule has 0 saturated heterocycles. The third kappa shape index (κ3) is 4.54. The molecule has 1 aromatic heterocycles. The Balaban J connectivity index is 1.93. The summed E-state index contributed by atoms with van der Waals surface area (Å²) in [4.78, 5) is 12.1. The number of hydrogen-bond donors (Lipinski definition) is 1. The molecule has 0 unspecified atom stereocenters. The van der Waals surface area contributed by atoms with Gasteiger partial charge in [0.05, 0.1) is 28.0 Å². The molecule has 4 aromatic rings. The molecule has 0 aliphatic rings. The molecule has 3 aromatic carbocycles. The van der Waals surface area contributed by atoms with Crippen LogP contribution in [-0.2, 0) is 10.0 Å². The first-order valence-electron chi connectivity index (χ1n) is 9.10. The quantitative estimate of drug-likeness (QED) is 0.411. The fourth-order valence-corrected chi connectivity index (χ4v) is 4.11. The predicted octanol–water partition coefficient (Wildman–Crippen LogP) is 5.11. The molecule has 0 spiro atoms. The average Bonchev–Trinajstić information content (AvgIpc) is 3.08. The highest BCUT2D eigenvalue weighted by Gasteiger charge is 2.22. The number of halogens is 5. The average molecular weight is 514 g/mol. The molecular weight excluding hydrogens is 502 g/mol. The Labute approximate surface area is 195 Å². The van der Waals surface area contributed by atoms with Crippen LogP contribution in [0.25, 0.3) is 27.8 Å². The van der Waals surface area contributed by atoms with Gasteiger partial charge in [-0.3, -0.25) is 4.79 Å². The highest BCUT2D eigenvalue weighted by Crippen LogP contribution is 2.35. The van der Waals surface area contributed by atoms with Crippen molar-refractivity contribution in [1.29, 1.82) is 0 Å². The summed E-state index contributed by atoms with van der Waals surface area (Å²) in [5, 5.41) is 4.79. The van der Waals surface area contributed by atoms with Crippen LogP contribution in [0.15, 0.2) is 48.5 Å². The highest BCUT2D eigenvalue weighted by atomic mass is 35.5. The number of hydrogen-bond acceptors (Lipinski definition) is 4. The summed E-state index contributed by atoms with van der Waals surface area (Å²) in [6.45, 7) is 0. The number of carbonyl (C=O) groups excluding carboxylic acids is 1. The van der Waals surface area contributed by atoms with Crippen molar-refractivity contribution in [3.8, 4) is 16.9 Å². The molecule has 0 radical (unpaired) electrons. The number of fused-ring (bicyclic) bond motifs is 1. The Kier molecular flexibility index (Phi) is 5.85. The van der Waals surface area contributed by atoms with E-state index in [1.807, 2.05) is 0 Å². The van der Waals surface area contributed by atoms with E-state index in [1.165, 1.54) is 22.9 Å². The van der Waals surface area contributed by atoms with E-state index in [9.17, 15) is 26.4 Å². The number of benzene rings is 3. The Morgan fingerprint density at radius 3 is 2.42 bits per heavy atom. The minimum absolute atomic E-state index is 0.0274. The molecule has 0 aliphatic carbocycles. The van der Waals surface area contributed by atoms with Crippen molar-refractivity contribution >= 4 is 50.0 Å². The molecule has 0 aliphatic heterocycles. The third-order valence-corrected chi connectivity index (χ3v) is 5.71. The zero-order valence-corrected chi connectivity index (χ0v) is 18.9. The first kappa shape index (κ1) is 23.1. The van der Waals surface area contributed by atoms with Gasteiger partial charge in [0.15, 0.2) is 0 Å². The minimum Gasteiger partial charge on any atom is -0.268 e. The van der Waals surface area contributed by atoms with E-state index in [0.717, 1.165) is 36.6 Å². The van der Waals surface area contributed by atoms with Crippen molar-refractivity contribution in [2.24, 2.45) is 0 Å². The number of nitrogens with one attached hydrogen (secondary N) is 1. The summed E-state index contributed by atoms with van der Waals surface area (Å²) < 4.78 is 68.5. The van der Waals surface area contributed by atoms with Crippen LogP contribution in [0.4, 0.5) is 13.2 Å². The van der Waals surface area contributed by atoms with E-state index in [1.54, 1.807) is 4.72 Å². The minimum atomic E-state index is -3.94. The monoisotopic (exact) mass is 513 g/mol. The lowest BCUT2D eigenvalue weighted by molar-refractivity contribution is 0.0978. The lowest BCUT2D eigenvalue weighted by atomic mass is 10.1. The highest BCUT2D eigenvalue weighted by molar-refractivity contribution is 7.89. The molecule has 0 bridgehead atoms. The standard InChI is InChI=1S/C21H12Cl2F3N3O3S/c1-33(31,32)28-21(30)13-8-15(23)19(9-17(13)26)29-18-5-2-10(22)6-14(18)20(27-29)12-7-11(24)3-4-16(12)25/h2-9H,1H3,(H,28,30). The van der Waals surface area contributed by atoms with Crippen LogP contribution in [-0.4, -0.2) is 30.4 Å². The van der Waals surface area contributed by atoms with Gasteiger partial charge in [0, 0.05) is 22.0 Å². The van der Waals surface area contributed by atoms with Crippen molar-refractivity contribution < 1.29 is 26.4 Å². The van der Waals surface area contributed by atoms with Gasteiger partial charge >= 0.3 is 0 Å². The van der Waals surface area contributed by atoms with Crippen LogP contribution in [0.2, 0.25) is 10.0 Å². The van der Waals surface area contributed by atoms with Crippen molar-refractivity contribution in [3.63, 3.8) is 0 Å². The summed E-state index contributed by atoms with van der Waals surface area (Å²) in [7, 11) is -3.94. The predicted molar refractivity (Wildman–Crippen MR) is 119 cm³/mol. The Morgan fingerprint density at radius 1 is 1.00 bits per heavy atom. The van der Waals surface area contributed by atoms with E-state index in [-0.39, 0.29) is 22.0 Å². The van der Waals surface area contributed by atoms with Crippen molar-refractivity contribution in [1.82, 2.24) is 14.5 Å². The smallest absolute Gasteiger partial charge is 0.267 e. The fourth-order valence-electron chi connectivity index (χ4n) is 3.25. The van der Waals surface area contributed by atoms with Gasteiger partial charge in [0.1, 0.15) is 23.1 Å². The largest absolute Gasteiger partial charge is 0.268 e. The fraction of sp³-hybridized carbons (Fsp3) is 0.0476. The second kappa shape index (κ2) is 8.36. The molecule has 1 amide bonds. The van der Waals surface area contributed by atoms with E-state index in [0.29, 0.717) is 15.9 Å². The molecule has 170 valence electrons. The summed E-state index contributed by atoms with van der Waals surface area (Å²) in [6, 6.07) is 9.22. The molecule has 33 heavy (non-hydrogen) atoms. The van der Waals surface area contributed by atoms with E-state index >= 15 is 0 Å². The summed E-state index contributed by atoms with van der Waals surface area (Å²) in [5.41, 5.74) is -0.417. The Hall–Kier alpha value is -3.08. The van der Waals surface area contributed by atoms with Crippen LogP contribution < -0.4 is 4.72 Å². The molecule has 12 heteroatoms. The van der Waals surface area contributed by atoms with Crippen LogP contribution in [0.3, 0.4) is 0 Å². The SMILES string of the molecule is CS(=O)(=O)NC(=O)c1cc(Cl)c(-n2nc(-c3cc(F)ccc3F)c3cc(Cl)ccc32)cc1F. The number of rotatable bonds is 4. The number of nitrogens with zero attached hydrogens (tertiary/aromatic N) is 2. The number of carbonyl (C=O) groups is 1. The normalized spacial score (nSPS) is 11.7. The second-order valence-corrected chi connectivity index (χ2v) is 9.62. The Morgan fingerprint density at radius 2 is 1.73 bits per heavy atom. The van der Waals surface area contributed by atoms with E-state index in [4.69, 9.17) is 23.2 Å². The van der Waals surface area contributed by atoms with Gasteiger partial charge < -0.3 is 0 Å². The van der Waals surface area contributed by atoms with Crippen LogP contribution in [0, 0.1) is 17.5 Å². The van der Waals surface area contributed by atoms with Crippen LogP contribution in [0.1, 0.15) is 10.4 Å². The van der Waals surface area contributed by atoms with Gasteiger partial charge in [-0.1, -0.05) is 23.2 Å². The molecule has 4 rings (SSSR count). The molecule has 0 saturated carbocycles. The molecule has 1 N–H and O–H groups in total. The number of sulfonamides is 1. The van der Waals surface area contributed by atoms with Crippen molar-refractivity contribution in [2.75, 3.05) is 6.26 Å². The second-order valence-electron chi connectivity index (χ2n) is 7.03. The zero-order valence-electron chi connectivity index (χ0n) is 16.5. The lowest BCUT2D eigenvalue weighted by Crippen LogP contribution is -2.30. The molecular formula is C21H12Cl2F3N3O3S. The zero-order chi connectivity index (χ0) is 24.1. The maximum Gasteiger partial charge on any atom is 0.267 e. The summed E-state index contributed by atoms with van der Waals surface area (Å²) in [6.07, 6.45) is 0.743. The van der Waals surface area contributed by atoms with Crippen molar-refractivity contribution in [3.05, 3.63) is 81.6 Å². The van der Waals surface area contributed by atoms with Gasteiger partial charge in [-0.25, -0.2) is 31.0 Å². The molecule has 1 heterocycles. The lowest BCUT2D eigenvalue weighted by Gasteiger charge is -2.10. The maximum absolute atomic E-state index is 14.8. The van der Waals surface area contributed by atoms with Crippen LogP contribution >= 0.6 is 23.2 Å². The summed E-state index contributed by atoms with van der Waals surface area (Å²) >= 11 is 12.4. The van der Waals surface area contributed by atoms with Crippen molar-refractivity contribution in [2.45, 2.75) is 0 Å². The number of amides is 1. The van der Waals surface area contributed by atoms with E-state index < -0.39 is 38.9 Å². The van der Waals surface area contributed by atoms with Gasteiger partial charge in [-0.15, -0.1) is 0 Å². The van der Waals surface area contributed by atoms with Crippen LogP contribution in [0.5, 0.6) is 0 Å². The van der Waals surface area contributed by atoms with Gasteiger partial charge in [-0.05, 0) is 42.5 Å². The third-order valence-electron chi connectivity index (χ3n) is 4.61. The maximum atomic E-state index is 14.8. The topological polar surface area (TPSA) is 81.1 Å². The first-order chi connectivity index (χ1) is 15.4. The van der Waals surface area contributed by atoms with E-state index in [2.05, 4.69) is 5.10 Å². The molecule has 6 nitrogen and oxygen atoms in total. The molecule has 0 atom stereocenters. The van der Waals surface area contributed by atoms with Gasteiger partial charge in [0.2, 0.25) is 10.0 Å². The summed E-state index contributed by atoms with van der Waals surface area (Å²) in [5.74, 6) is -3.72. The molecule has 0 fully saturated rings. The first-order valence-corrected chi connectivity index (χ1v) is 11.7. The van der Waals surface area contributed by atoms with Gasteiger partial charge in [-0.2, -0.15) is 5.10 Å².